The summed E-state index contributed by atoms with van der Waals surface area (Å²) in [6, 6.07) is 3.05. The van der Waals surface area contributed by atoms with Crippen molar-refractivity contribution in [1.82, 2.24) is 4.98 Å². The lowest BCUT2D eigenvalue weighted by Crippen LogP contribution is -2.03. The standard InChI is InChI=1S/C9H11NO3/c1-3-13-8-5-4-7(9(11)12)10-6(8)2/h4-5H,3H2,1-2H3,(H,11,12). The van der Waals surface area contributed by atoms with Crippen molar-refractivity contribution in [2.24, 2.45) is 0 Å². The van der Waals surface area contributed by atoms with Crippen molar-refractivity contribution in [3.8, 4) is 5.75 Å². The van der Waals surface area contributed by atoms with Gasteiger partial charge in [0.25, 0.3) is 0 Å². The first-order valence-corrected chi connectivity index (χ1v) is 3.99. The molecule has 4 heteroatoms. The number of rotatable bonds is 3. The number of carboxylic acids is 1. The van der Waals surface area contributed by atoms with Crippen molar-refractivity contribution in [3.63, 3.8) is 0 Å². The highest BCUT2D eigenvalue weighted by Crippen LogP contribution is 2.15. The molecule has 1 aromatic rings. The SMILES string of the molecule is CCOc1ccc(C(=O)O)nc1C. The summed E-state index contributed by atoms with van der Waals surface area (Å²) in [5.41, 5.74) is 0.641. The molecule has 0 aliphatic rings. The first-order chi connectivity index (χ1) is 6.15. The van der Waals surface area contributed by atoms with Crippen LogP contribution in [0.4, 0.5) is 0 Å². The van der Waals surface area contributed by atoms with Gasteiger partial charge in [-0.15, -0.1) is 0 Å². The van der Waals surface area contributed by atoms with E-state index in [-0.39, 0.29) is 5.69 Å². The van der Waals surface area contributed by atoms with Crippen molar-refractivity contribution in [3.05, 3.63) is 23.5 Å². The summed E-state index contributed by atoms with van der Waals surface area (Å²) in [5, 5.41) is 8.63. The van der Waals surface area contributed by atoms with Gasteiger partial charge in [-0.3, -0.25) is 0 Å². The number of pyridine rings is 1. The third kappa shape index (κ3) is 2.18. The maximum atomic E-state index is 10.5. The fraction of sp³-hybridized carbons (Fsp3) is 0.333. The highest BCUT2D eigenvalue weighted by atomic mass is 16.5. The van der Waals surface area contributed by atoms with E-state index in [2.05, 4.69) is 4.98 Å². The number of carboxylic acid groups (broad SMARTS) is 1. The van der Waals surface area contributed by atoms with Gasteiger partial charge in [-0.2, -0.15) is 0 Å². The summed E-state index contributed by atoms with van der Waals surface area (Å²) in [5.74, 6) is -0.390. The predicted octanol–water partition coefficient (Wildman–Crippen LogP) is 1.49. The van der Waals surface area contributed by atoms with Crippen LogP contribution in [-0.4, -0.2) is 22.7 Å². The Morgan fingerprint density at radius 2 is 2.31 bits per heavy atom. The molecule has 0 fully saturated rings. The Hall–Kier alpha value is -1.58. The Kier molecular flexibility index (Phi) is 2.84. The molecular formula is C9H11NO3. The molecule has 13 heavy (non-hydrogen) atoms. The second-order valence-electron chi connectivity index (χ2n) is 2.52. The molecule has 0 unspecified atom stereocenters. The highest BCUT2D eigenvalue weighted by Gasteiger charge is 2.07. The third-order valence-corrected chi connectivity index (χ3v) is 1.56. The van der Waals surface area contributed by atoms with E-state index in [1.807, 2.05) is 6.92 Å². The van der Waals surface area contributed by atoms with Crippen LogP contribution in [0.3, 0.4) is 0 Å². The lowest BCUT2D eigenvalue weighted by atomic mass is 10.3. The zero-order valence-electron chi connectivity index (χ0n) is 7.57. The maximum Gasteiger partial charge on any atom is 0.354 e. The number of ether oxygens (including phenoxy) is 1. The van der Waals surface area contributed by atoms with Gasteiger partial charge in [-0.05, 0) is 26.0 Å². The van der Waals surface area contributed by atoms with Crippen molar-refractivity contribution in [2.75, 3.05) is 6.61 Å². The smallest absolute Gasteiger partial charge is 0.354 e. The molecular weight excluding hydrogens is 170 g/mol. The second-order valence-corrected chi connectivity index (χ2v) is 2.52. The van der Waals surface area contributed by atoms with Crippen LogP contribution in [0.5, 0.6) is 5.75 Å². The molecule has 0 aliphatic carbocycles. The fourth-order valence-corrected chi connectivity index (χ4v) is 0.975. The van der Waals surface area contributed by atoms with Gasteiger partial charge in [0.1, 0.15) is 11.4 Å². The van der Waals surface area contributed by atoms with E-state index < -0.39 is 5.97 Å². The topological polar surface area (TPSA) is 59.4 Å². The summed E-state index contributed by atoms with van der Waals surface area (Å²) in [6.07, 6.45) is 0. The zero-order chi connectivity index (χ0) is 9.84. The van der Waals surface area contributed by atoms with E-state index in [1.165, 1.54) is 6.07 Å². The number of aryl methyl sites for hydroxylation is 1. The molecule has 1 N–H and O–H groups in total. The van der Waals surface area contributed by atoms with E-state index in [0.717, 1.165) is 0 Å². The van der Waals surface area contributed by atoms with E-state index >= 15 is 0 Å². The molecule has 0 saturated heterocycles. The Morgan fingerprint density at radius 1 is 1.62 bits per heavy atom. The molecule has 0 aromatic carbocycles. The minimum atomic E-state index is -1.02. The number of aromatic nitrogens is 1. The number of nitrogens with zero attached hydrogens (tertiary/aromatic N) is 1. The number of hydrogen-bond donors (Lipinski definition) is 1. The largest absolute Gasteiger partial charge is 0.492 e. The average Bonchev–Trinajstić information content (AvgIpc) is 2.08. The van der Waals surface area contributed by atoms with E-state index in [1.54, 1.807) is 13.0 Å². The van der Waals surface area contributed by atoms with Crippen LogP contribution in [0.1, 0.15) is 23.1 Å². The minimum Gasteiger partial charge on any atom is -0.492 e. The molecule has 1 rings (SSSR count). The molecule has 0 amide bonds. The van der Waals surface area contributed by atoms with E-state index in [0.29, 0.717) is 18.1 Å². The molecule has 0 atom stereocenters. The van der Waals surface area contributed by atoms with Gasteiger partial charge in [0, 0.05) is 0 Å². The lowest BCUT2D eigenvalue weighted by molar-refractivity contribution is 0.0690. The monoisotopic (exact) mass is 181 g/mol. The van der Waals surface area contributed by atoms with Crippen LogP contribution < -0.4 is 4.74 Å². The minimum absolute atomic E-state index is 0.0425. The molecule has 0 saturated carbocycles. The van der Waals surface area contributed by atoms with Crippen molar-refractivity contribution >= 4 is 5.97 Å². The van der Waals surface area contributed by atoms with E-state index in [9.17, 15) is 4.79 Å². The van der Waals surface area contributed by atoms with Gasteiger partial charge < -0.3 is 9.84 Å². The zero-order valence-corrected chi connectivity index (χ0v) is 7.57. The number of carbonyl (C=O) groups is 1. The third-order valence-electron chi connectivity index (χ3n) is 1.56. The van der Waals surface area contributed by atoms with Gasteiger partial charge in [0.15, 0.2) is 0 Å². The molecule has 4 nitrogen and oxygen atoms in total. The fourth-order valence-electron chi connectivity index (χ4n) is 0.975. The van der Waals surface area contributed by atoms with Crippen molar-refractivity contribution < 1.29 is 14.6 Å². The Balaban J connectivity index is 2.98. The normalized spacial score (nSPS) is 9.69. The summed E-state index contributed by atoms with van der Waals surface area (Å²) in [4.78, 5) is 14.4. The Labute approximate surface area is 76.2 Å². The lowest BCUT2D eigenvalue weighted by Gasteiger charge is -2.05. The quantitative estimate of drug-likeness (QED) is 0.767. The second kappa shape index (κ2) is 3.89. The Morgan fingerprint density at radius 3 is 2.77 bits per heavy atom. The number of hydrogen-bond acceptors (Lipinski definition) is 3. The van der Waals surface area contributed by atoms with Gasteiger partial charge in [0.2, 0.25) is 0 Å². The summed E-state index contributed by atoms with van der Waals surface area (Å²) in [6.45, 7) is 4.14. The van der Waals surface area contributed by atoms with Crippen LogP contribution in [0.25, 0.3) is 0 Å². The van der Waals surface area contributed by atoms with Gasteiger partial charge in [-0.1, -0.05) is 0 Å². The highest BCUT2D eigenvalue weighted by molar-refractivity contribution is 5.85. The first-order valence-electron chi connectivity index (χ1n) is 3.99. The average molecular weight is 181 g/mol. The van der Waals surface area contributed by atoms with Crippen LogP contribution >= 0.6 is 0 Å². The summed E-state index contributed by atoms with van der Waals surface area (Å²) < 4.78 is 5.22. The van der Waals surface area contributed by atoms with E-state index in [4.69, 9.17) is 9.84 Å². The van der Waals surface area contributed by atoms with Gasteiger partial charge >= 0.3 is 5.97 Å². The van der Waals surface area contributed by atoms with Gasteiger partial charge in [0.05, 0.1) is 12.3 Å². The van der Waals surface area contributed by atoms with Crippen LogP contribution in [0, 0.1) is 6.92 Å². The molecule has 1 aromatic heterocycles. The maximum absolute atomic E-state index is 10.5. The molecule has 1 heterocycles. The molecule has 70 valence electrons. The summed E-state index contributed by atoms with van der Waals surface area (Å²) >= 11 is 0. The molecule has 0 aliphatic heterocycles. The molecule has 0 bridgehead atoms. The first kappa shape index (κ1) is 9.51. The van der Waals surface area contributed by atoms with Crippen LogP contribution in [0.2, 0.25) is 0 Å². The van der Waals surface area contributed by atoms with Crippen LogP contribution in [-0.2, 0) is 0 Å². The van der Waals surface area contributed by atoms with Crippen LogP contribution in [0.15, 0.2) is 12.1 Å². The van der Waals surface area contributed by atoms with Gasteiger partial charge in [-0.25, -0.2) is 9.78 Å². The summed E-state index contributed by atoms with van der Waals surface area (Å²) in [7, 11) is 0. The molecule has 0 radical (unpaired) electrons. The predicted molar refractivity (Wildman–Crippen MR) is 47.1 cm³/mol. The van der Waals surface area contributed by atoms with Crippen molar-refractivity contribution in [2.45, 2.75) is 13.8 Å². The number of aromatic carboxylic acids is 1. The Bertz CT molecular complexity index is 323. The van der Waals surface area contributed by atoms with Crippen molar-refractivity contribution in [1.29, 1.82) is 0 Å². The molecule has 0 spiro atoms.